The van der Waals surface area contributed by atoms with Crippen molar-refractivity contribution in [2.24, 2.45) is 0 Å². The molecule has 1 aromatic carbocycles. The van der Waals surface area contributed by atoms with Crippen LogP contribution < -0.4 is 9.64 Å². The van der Waals surface area contributed by atoms with Crippen LogP contribution in [0.5, 0.6) is 5.75 Å². The van der Waals surface area contributed by atoms with E-state index in [9.17, 15) is 9.18 Å². The average molecular weight is 272 g/mol. The highest BCUT2D eigenvalue weighted by Gasteiger charge is 2.32. The Morgan fingerprint density at radius 3 is 2.90 bits per heavy atom. The highest BCUT2D eigenvalue weighted by atomic mass is 19.1. The maximum absolute atomic E-state index is 13.7. The van der Waals surface area contributed by atoms with Gasteiger partial charge in [-0.25, -0.2) is 9.37 Å². The van der Waals surface area contributed by atoms with Crippen molar-refractivity contribution >= 4 is 11.7 Å². The van der Waals surface area contributed by atoms with E-state index < -0.39 is 11.9 Å². The molecule has 0 spiro atoms. The third kappa shape index (κ3) is 2.11. The Morgan fingerprint density at radius 2 is 2.15 bits per heavy atom. The van der Waals surface area contributed by atoms with Crippen LogP contribution in [0.2, 0.25) is 0 Å². The molecule has 0 unspecified atom stereocenters. The molecule has 0 fully saturated rings. The first kappa shape index (κ1) is 12.6. The first-order valence-corrected chi connectivity index (χ1v) is 6.29. The molecule has 20 heavy (non-hydrogen) atoms. The summed E-state index contributed by atoms with van der Waals surface area (Å²) in [5.74, 6) is -0.115. The van der Waals surface area contributed by atoms with Crippen LogP contribution in [0.1, 0.15) is 5.56 Å². The molecule has 0 saturated heterocycles. The number of hydrogen-bond acceptors (Lipinski definition) is 3. The fourth-order valence-electron chi connectivity index (χ4n) is 2.26. The van der Waals surface area contributed by atoms with Crippen molar-refractivity contribution < 1.29 is 13.9 Å². The lowest BCUT2D eigenvalue weighted by Gasteiger charge is -2.20. The van der Waals surface area contributed by atoms with Gasteiger partial charge in [0, 0.05) is 19.7 Å². The molecule has 0 saturated carbocycles. The van der Waals surface area contributed by atoms with Crippen LogP contribution in [0.3, 0.4) is 0 Å². The van der Waals surface area contributed by atoms with E-state index in [2.05, 4.69) is 4.98 Å². The largest absolute Gasteiger partial charge is 0.480 e. The summed E-state index contributed by atoms with van der Waals surface area (Å²) in [7, 11) is 1.50. The minimum atomic E-state index is -0.626. The number of likely N-dealkylation sites (N-methyl/N-ethyl adjacent to an activating group) is 1. The van der Waals surface area contributed by atoms with E-state index in [1.54, 1.807) is 0 Å². The summed E-state index contributed by atoms with van der Waals surface area (Å²) in [6.45, 7) is 0. The number of halogens is 1. The second kappa shape index (κ2) is 4.92. The van der Waals surface area contributed by atoms with Gasteiger partial charge in [-0.2, -0.15) is 0 Å². The fourth-order valence-corrected chi connectivity index (χ4v) is 2.26. The van der Waals surface area contributed by atoms with Crippen LogP contribution in [0, 0.1) is 5.82 Å². The van der Waals surface area contributed by atoms with Gasteiger partial charge in [-0.1, -0.05) is 18.2 Å². The lowest BCUT2D eigenvalue weighted by Crippen LogP contribution is -2.39. The number of para-hydroxylation sites is 1. The Morgan fingerprint density at radius 1 is 1.35 bits per heavy atom. The summed E-state index contributed by atoms with van der Waals surface area (Å²) in [4.78, 5) is 17.5. The monoisotopic (exact) mass is 272 g/mol. The Labute approximate surface area is 115 Å². The minimum absolute atomic E-state index is 0.0112. The standard InChI is InChI=1S/C15H13FN2O2/c1-18(14-11(16)6-4-8-17-14)15(19)13-9-10-5-2-3-7-12(10)20-13/h2-8,13H,9H2,1H3/t13-/m0/s1. The molecule has 0 aliphatic carbocycles. The quantitative estimate of drug-likeness (QED) is 0.841. The molecule has 2 heterocycles. The summed E-state index contributed by atoms with van der Waals surface area (Å²) in [6.07, 6.45) is 1.32. The lowest BCUT2D eigenvalue weighted by atomic mass is 10.1. The molecule has 2 aromatic rings. The Balaban J connectivity index is 1.80. The molecular weight excluding hydrogens is 259 g/mol. The zero-order valence-corrected chi connectivity index (χ0v) is 10.9. The maximum atomic E-state index is 13.7. The fraction of sp³-hybridized carbons (Fsp3) is 0.200. The molecular formula is C15H13FN2O2. The van der Waals surface area contributed by atoms with Gasteiger partial charge in [0.1, 0.15) is 5.75 Å². The van der Waals surface area contributed by atoms with Crippen molar-refractivity contribution in [2.45, 2.75) is 12.5 Å². The third-order valence-corrected chi connectivity index (χ3v) is 3.31. The van der Waals surface area contributed by atoms with Crippen molar-refractivity contribution in [1.29, 1.82) is 0 Å². The number of anilines is 1. The van der Waals surface area contributed by atoms with Gasteiger partial charge < -0.3 is 4.74 Å². The number of pyridine rings is 1. The molecule has 1 atom stereocenters. The first-order valence-electron chi connectivity index (χ1n) is 6.29. The van der Waals surface area contributed by atoms with E-state index in [-0.39, 0.29) is 11.7 Å². The summed E-state index contributed by atoms with van der Waals surface area (Å²) >= 11 is 0. The van der Waals surface area contributed by atoms with Gasteiger partial charge in [0.05, 0.1) is 0 Å². The van der Waals surface area contributed by atoms with E-state index in [0.717, 1.165) is 5.56 Å². The third-order valence-electron chi connectivity index (χ3n) is 3.31. The van der Waals surface area contributed by atoms with Crippen LogP contribution in [0.4, 0.5) is 10.2 Å². The number of carbonyl (C=O) groups excluding carboxylic acids is 1. The molecule has 4 nitrogen and oxygen atoms in total. The van der Waals surface area contributed by atoms with Crippen molar-refractivity contribution in [3.8, 4) is 5.75 Å². The number of amides is 1. The summed E-state index contributed by atoms with van der Waals surface area (Å²) in [5.41, 5.74) is 0.987. The minimum Gasteiger partial charge on any atom is -0.480 e. The summed E-state index contributed by atoms with van der Waals surface area (Å²) in [6, 6.07) is 10.3. The lowest BCUT2D eigenvalue weighted by molar-refractivity contribution is -0.124. The topological polar surface area (TPSA) is 42.4 Å². The SMILES string of the molecule is CN(C(=O)[C@@H]1Cc2ccccc2O1)c1ncccc1F. The first-order chi connectivity index (χ1) is 9.66. The number of rotatable bonds is 2. The molecule has 1 amide bonds. The smallest absolute Gasteiger partial charge is 0.269 e. The van der Waals surface area contributed by atoms with Crippen LogP contribution >= 0.6 is 0 Å². The predicted octanol–water partition coefficient (Wildman–Crippen LogP) is 2.19. The van der Waals surface area contributed by atoms with Gasteiger partial charge in [0.2, 0.25) is 0 Å². The molecule has 1 aromatic heterocycles. The van der Waals surface area contributed by atoms with Crippen molar-refractivity contribution in [1.82, 2.24) is 4.98 Å². The number of nitrogens with zero attached hydrogens (tertiary/aromatic N) is 2. The van der Waals surface area contributed by atoms with Crippen LogP contribution in [-0.4, -0.2) is 24.0 Å². The van der Waals surface area contributed by atoms with Gasteiger partial charge in [0.15, 0.2) is 17.7 Å². The number of carbonyl (C=O) groups is 1. The Hall–Kier alpha value is -2.43. The molecule has 3 rings (SSSR count). The van der Waals surface area contributed by atoms with E-state index in [0.29, 0.717) is 12.2 Å². The van der Waals surface area contributed by atoms with Crippen LogP contribution in [0.25, 0.3) is 0 Å². The van der Waals surface area contributed by atoms with Crippen molar-refractivity contribution in [3.63, 3.8) is 0 Å². The predicted molar refractivity (Wildman–Crippen MR) is 72.2 cm³/mol. The second-order valence-electron chi connectivity index (χ2n) is 4.62. The molecule has 0 N–H and O–H groups in total. The Kier molecular flexibility index (Phi) is 3.10. The normalized spacial score (nSPS) is 16.4. The van der Waals surface area contributed by atoms with E-state index in [1.807, 2.05) is 24.3 Å². The van der Waals surface area contributed by atoms with Gasteiger partial charge in [0.25, 0.3) is 5.91 Å². The zero-order valence-electron chi connectivity index (χ0n) is 10.9. The number of ether oxygens (including phenoxy) is 1. The number of aromatic nitrogens is 1. The average Bonchev–Trinajstić information content (AvgIpc) is 2.90. The molecule has 102 valence electrons. The number of hydrogen-bond donors (Lipinski definition) is 0. The summed E-state index contributed by atoms with van der Waals surface area (Å²) in [5, 5.41) is 0. The van der Waals surface area contributed by atoms with Crippen molar-refractivity contribution in [3.05, 3.63) is 54.0 Å². The van der Waals surface area contributed by atoms with E-state index in [1.165, 1.54) is 30.3 Å². The van der Waals surface area contributed by atoms with Crippen LogP contribution in [0.15, 0.2) is 42.6 Å². The van der Waals surface area contributed by atoms with Crippen LogP contribution in [-0.2, 0) is 11.2 Å². The number of benzene rings is 1. The van der Waals surface area contributed by atoms with Crippen molar-refractivity contribution in [2.75, 3.05) is 11.9 Å². The van der Waals surface area contributed by atoms with Gasteiger partial charge in [-0.3, -0.25) is 9.69 Å². The van der Waals surface area contributed by atoms with E-state index in [4.69, 9.17) is 4.74 Å². The van der Waals surface area contributed by atoms with Gasteiger partial charge in [-0.15, -0.1) is 0 Å². The Bertz CT molecular complexity index is 635. The van der Waals surface area contributed by atoms with Gasteiger partial charge >= 0.3 is 0 Å². The second-order valence-corrected chi connectivity index (χ2v) is 4.62. The molecule has 0 radical (unpaired) electrons. The van der Waals surface area contributed by atoms with E-state index >= 15 is 0 Å². The molecule has 5 heteroatoms. The highest BCUT2D eigenvalue weighted by molar-refractivity contribution is 5.96. The molecule has 1 aliphatic heterocycles. The number of fused-ring (bicyclic) bond motifs is 1. The highest BCUT2D eigenvalue weighted by Crippen LogP contribution is 2.29. The maximum Gasteiger partial charge on any atom is 0.269 e. The zero-order chi connectivity index (χ0) is 14.1. The molecule has 0 bridgehead atoms. The molecule has 1 aliphatic rings. The summed E-state index contributed by atoms with van der Waals surface area (Å²) < 4.78 is 19.3. The van der Waals surface area contributed by atoms with Gasteiger partial charge in [-0.05, 0) is 23.8 Å².